The van der Waals surface area contributed by atoms with Gasteiger partial charge in [0.15, 0.2) is 5.78 Å². The maximum Gasteiger partial charge on any atom is 0.418 e. The Labute approximate surface area is 81.0 Å². The number of carbonyl (C=O) groups is 3. The number of carbonyl (C=O) groups excluding carboxylic acids is 3. The van der Waals surface area contributed by atoms with E-state index in [4.69, 9.17) is 0 Å². The molecule has 0 aromatic heterocycles. The van der Waals surface area contributed by atoms with Gasteiger partial charge < -0.3 is 4.74 Å². The van der Waals surface area contributed by atoms with Gasteiger partial charge in [-0.25, -0.2) is 4.79 Å². The summed E-state index contributed by atoms with van der Waals surface area (Å²) in [5.74, 6) is -1.18. The van der Waals surface area contributed by atoms with Crippen LogP contribution >= 0.6 is 0 Å². The summed E-state index contributed by atoms with van der Waals surface area (Å²) in [6.45, 7) is 3.39. The van der Waals surface area contributed by atoms with Gasteiger partial charge in [0.1, 0.15) is 6.04 Å². The van der Waals surface area contributed by atoms with E-state index < -0.39 is 24.0 Å². The molecule has 2 aliphatic heterocycles. The summed E-state index contributed by atoms with van der Waals surface area (Å²) in [4.78, 5) is 35.4. The second-order valence-corrected chi connectivity index (χ2v) is 3.85. The molecular weight excluding hydrogens is 186 g/mol. The number of esters is 1. The first-order chi connectivity index (χ1) is 6.52. The molecule has 2 heterocycles. The van der Waals surface area contributed by atoms with Crippen LogP contribution < -0.4 is 0 Å². The van der Waals surface area contributed by atoms with Crippen molar-refractivity contribution in [2.24, 2.45) is 5.92 Å². The van der Waals surface area contributed by atoms with Gasteiger partial charge in [-0.15, -0.1) is 0 Å². The summed E-state index contributed by atoms with van der Waals surface area (Å²) in [7, 11) is 0. The zero-order valence-electron chi connectivity index (χ0n) is 8.02. The Balaban J connectivity index is 2.36. The maximum absolute atomic E-state index is 11.5. The molecule has 0 aromatic carbocycles. The molecule has 0 saturated carbocycles. The van der Waals surface area contributed by atoms with Crippen LogP contribution in [0, 0.1) is 5.92 Å². The highest BCUT2D eigenvalue weighted by atomic mass is 16.6. The van der Waals surface area contributed by atoms with Gasteiger partial charge in [0, 0.05) is 12.5 Å². The van der Waals surface area contributed by atoms with Crippen LogP contribution in [-0.4, -0.2) is 34.8 Å². The quantitative estimate of drug-likeness (QED) is 0.414. The number of amides is 1. The van der Waals surface area contributed by atoms with E-state index in [1.165, 1.54) is 4.90 Å². The van der Waals surface area contributed by atoms with E-state index in [-0.39, 0.29) is 11.8 Å². The SMILES string of the molecule is C[C@@H]1C(=O)OC(=O)N2[C@@H]1C(=O)C[C@@H]2C. The fourth-order valence-corrected chi connectivity index (χ4v) is 2.11. The second kappa shape index (κ2) is 2.80. The number of ketones is 1. The van der Waals surface area contributed by atoms with Crippen LogP contribution in [0.1, 0.15) is 20.3 Å². The predicted molar refractivity (Wildman–Crippen MR) is 45.4 cm³/mol. The number of fused-ring (bicyclic) bond motifs is 1. The van der Waals surface area contributed by atoms with E-state index in [2.05, 4.69) is 4.74 Å². The van der Waals surface area contributed by atoms with Crippen LogP contribution in [-0.2, 0) is 14.3 Å². The molecule has 0 unspecified atom stereocenters. The minimum absolute atomic E-state index is 0.0463. The number of ether oxygens (including phenoxy) is 1. The van der Waals surface area contributed by atoms with Gasteiger partial charge >= 0.3 is 12.1 Å². The summed E-state index contributed by atoms with van der Waals surface area (Å²) < 4.78 is 4.53. The van der Waals surface area contributed by atoms with E-state index in [0.717, 1.165) is 0 Å². The van der Waals surface area contributed by atoms with Gasteiger partial charge in [-0.2, -0.15) is 0 Å². The Hall–Kier alpha value is -1.39. The summed E-state index contributed by atoms with van der Waals surface area (Å²) in [6.07, 6.45) is -0.367. The highest BCUT2D eigenvalue weighted by Crippen LogP contribution is 2.31. The lowest BCUT2D eigenvalue weighted by atomic mass is 9.98. The smallest absolute Gasteiger partial charge is 0.376 e. The summed E-state index contributed by atoms with van der Waals surface area (Å²) >= 11 is 0. The molecule has 14 heavy (non-hydrogen) atoms. The highest BCUT2D eigenvalue weighted by Gasteiger charge is 2.51. The third kappa shape index (κ3) is 1.05. The van der Waals surface area contributed by atoms with Crippen molar-refractivity contribution >= 4 is 17.8 Å². The number of rotatable bonds is 0. The molecule has 3 atom stereocenters. The topological polar surface area (TPSA) is 63.7 Å². The van der Waals surface area contributed by atoms with Crippen molar-refractivity contribution in [3.05, 3.63) is 0 Å². The van der Waals surface area contributed by atoms with Crippen molar-refractivity contribution in [3.8, 4) is 0 Å². The first-order valence-corrected chi connectivity index (χ1v) is 4.59. The fraction of sp³-hybridized carbons (Fsp3) is 0.667. The molecule has 2 fully saturated rings. The second-order valence-electron chi connectivity index (χ2n) is 3.85. The van der Waals surface area contributed by atoms with E-state index in [0.29, 0.717) is 6.42 Å². The largest absolute Gasteiger partial charge is 0.418 e. The van der Waals surface area contributed by atoms with E-state index in [1.807, 2.05) is 0 Å². The first-order valence-electron chi connectivity index (χ1n) is 4.59. The molecule has 0 N–H and O–H groups in total. The average molecular weight is 197 g/mol. The van der Waals surface area contributed by atoms with E-state index in [1.54, 1.807) is 13.8 Å². The standard InChI is InChI=1S/C9H11NO4/c1-4-3-6(11)7-5(2)8(12)14-9(13)10(4)7/h4-5,7H,3H2,1-2H3/t4-,5-,7-/m0/s1. The van der Waals surface area contributed by atoms with Gasteiger partial charge in [-0.05, 0) is 13.8 Å². The van der Waals surface area contributed by atoms with Crippen LogP contribution in [0.2, 0.25) is 0 Å². The Morgan fingerprint density at radius 2 is 1.93 bits per heavy atom. The number of hydrogen-bond acceptors (Lipinski definition) is 4. The molecule has 0 radical (unpaired) electrons. The van der Waals surface area contributed by atoms with Crippen molar-refractivity contribution in [3.63, 3.8) is 0 Å². The zero-order valence-corrected chi connectivity index (χ0v) is 8.02. The number of hydrogen-bond donors (Lipinski definition) is 0. The minimum Gasteiger partial charge on any atom is -0.376 e. The molecule has 0 aliphatic carbocycles. The monoisotopic (exact) mass is 197 g/mol. The van der Waals surface area contributed by atoms with Gasteiger partial charge in [-0.1, -0.05) is 0 Å². The predicted octanol–water partition coefficient (Wildman–Crippen LogP) is 0.331. The van der Waals surface area contributed by atoms with Crippen molar-refractivity contribution in [1.82, 2.24) is 4.90 Å². The molecule has 2 aliphatic rings. The summed E-state index contributed by atoms with van der Waals surface area (Å²) in [5.41, 5.74) is 0. The van der Waals surface area contributed by atoms with Gasteiger partial charge in [0.05, 0.1) is 5.92 Å². The number of Topliss-reactive ketones (excluding diaryl/α,β-unsaturated/α-hetero) is 1. The van der Waals surface area contributed by atoms with Crippen molar-refractivity contribution < 1.29 is 19.1 Å². The number of nitrogens with zero attached hydrogens (tertiary/aromatic N) is 1. The van der Waals surface area contributed by atoms with Crippen molar-refractivity contribution in [2.75, 3.05) is 0 Å². The van der Waals surface area contributed by atoms with E-state index >= 15 is 0 Å². The summed E-state index contributed by atoms with van der Waals surface area (Å²) in [6, 6.07) is -0.755. The van der Waals surface area contributed by atoms with Gasteiger partial charge in [-0.3, -0.25) is 14.5 Å². The molecule has 1 amide bonds. The molecule has 5 nitrogen and oxygen atoms in total. The summed E-state index contributed by atoms with van der Waals surface area (Å²) in [5, 5.41) is 0. The Morgan fingerprint density at radius 3 is 2.57 bits per heavy atom. The van der Waals surface area contributed by atoms with Crippen molar-refractivity contribution in [1.29, 1.82) is 0 Å². The zero-order chi connectivity index (χ0) is 10.5. The van der Waals surface area contributed by atoms with Crippen LogP contribution in [0.5, 0.6) is 0 Å². The molecule has 0 bridgehead atoms. The van der Waals surface area contributed by atoms with Gasteiger partial charge in [0.2, 0.25) is 0 Å². The lowest BCUT2D eigenvalue weighted by Gasteiger charge is -2.33. The van der Waals surface area contributed by atoms with Crippen LogP contribution in [0.25, 0.3) is 0 Å². The molecule has 0 aromatic rings. The minimum atomic E-state index is -0.684. The van der Waals surface area contributed by atoms with Crippen molar-refractivity contribution in [2.45, 2.75) is 32.4 Å². The molecule has 5 heteroatoms. The lowest BCUT2D eigenvalue weighted by Crippen LogP contribution is -2.53. The Kier molecular flexibility index (Phi) is 1.83. The molecule has 2 saturated heterocycles. The third-order valence-electron chi connectivity index (χ3n) is 2.85. The van der Waals surface area contributed by atoms with Crippen LogP contribution in [0.15, 0.2) is 0 Å². The fourth-order valence-electron chi connectivity index (χ4n) is 2.11. The normalized spacial score (nSPS) is 37.1. The molecule has 0 spiro atoms. The Morgan fingerprint density at radius 1 is 1.29 bits per heavy atom. The average Bonchev–Trinajstić information content (AvgIpc) is 2.38. The van der Waals surface area contributed by atoms with E-state index in [9.17, 15) is 14.4 Å². The molecule has 2 rings (SSSR count). The highest BCUT2D eigenvalue weighted by molar-refractivity contribution is 6.00. The number of cyclic esters (lactones) is 2. The lowest BCUT2D eigenvalue weighted by molar-refractivity contribution is -0.151. The molecular formula is C9H11NO4. The van der Waals surface area contributed by atoms with Crippen LogP contribution in [0.3, 0.4) is 0 Å². The molecule has 76 valence electrons. The Bertz CT molecular complexity index is 325. The first kappa shape index (κ1) is 9.18. The third-order valence-corrected chi connectivity index (χ3v) is 2.85. The van der Waals surface area contributed by atoms with Crippen LogP contribution in [0.4, 0.5) is 4.79 Å². The van der Waals surface area contributed by atoms with Gasteiger partial charge in [0.25, 0.3) is 0 Å². The maximum atomic E-state index is 11.5.